The van der Waals surface area contributed by atoms with Crippen molar-refractivity contribution in [3.63, 3.8) is 0 Å². The molecule has 21 heavy (non-hydrogen) atoms. The van der Waals surface area contributed by atoms with Crippen molar-refractivity contribution in [2.24, 2.45) is 4.99 Å². The molecule has 1 heterocycles. The molecule has 0 saturated carbocycles. The third-order valence-electron chi connectivity index (χ3n) is 3.49. The molecule has 0 amide bonds. The molecule has 0 aliphatic rings. The van der Waals surface area contributed by atoms with Gasteiger partial charge in [0.05, 0.1) is 11.6 Å². The lowest BCUT2D eigenvalue weighted by atomic mass is 10.1. The van der Waals surface area contributed by atoms with Gasteiger partial charge in [0.1, 0.15) is 0 Å². The lowest BCUT2D eigenvalue weighted by Crippen LogP contribution is -1.90. The zero-order valence-corrected chi connectivity index (χ0v) is 13.1. The number of aromatic amines is 1. The van der Waals surface area contributed by atoms with E-state index >= 15 is 0 Å². The molecule has 0 bridgehead atoms. The normalized spacial score (nSPS) is 13.0. The van der Waals surface area contributed by atoms with Crippen molar-refractivity contribution in [3.8, 4) is 5.88 Å². The van der Waals surface area contributed by atoms with Gasteiger partial charge in [-0.05, 0) is 30.7 Å². The van der Waals surface area contributed by atoms with Crippen molar-refractivity contribution in [2.75, 3.05) is 0 Å². The van der Waals surface area contributed by atoms with Crippen molar-refractivity contribution >= 4 is 33.0 Å². The summed E-state index contributed by atoms with van der Waals surface area (Å²) in [6, 6.07) is 16.0. The molecule has 0 radical (unpaired) electrons. The molecule has 1 unspecified atom stereocenters. The Labute approximate surface area is 131 Å². The van der Waals surface area contributed by atoms with Gasteiger partial charge in [-0.15, -0.1) is 0 Å². The number of aromatic nitrogens is 1. The number of H-pyrrole nitrogens is 1. The summed E-state index contributed by atoms with van der Waals surface area (Å²) in [5.74, 6) is 0.145. The summed E-state index contributed by atoms with van der Waals surface area (Å²) in [6.45, 7) is 2.04. The third-order valence-corrected chi connectivity index (χ3v) is 3.98. The van der Waals surface area contributed by atoms with Crippen LogP contribution in [0.2, 0.25) is 0 Å². The quantitative estimate of drug-likeness (QED) is 0.659. The van der Waals surface area contributed by atoms with Gasteiger partial charge >= 0.3 is 0 Å². The van der Waals surface area contributed by atoms with Gasteiger partial charge in [0.15, 0.2) is 5.88 Å². The second-order valence-corrected chi connectivity index (χ2v) is 5.86. The monoisotopic (exact) mass is 342 g/mol. The minimum atomic E-state index is 0.0442. The van der Waals surface area contributed by atoms with Gasteiger partial charge in [-0.2, -0.15) is 0 Å². The fraction of sp³-hybridized carbons (Fsp3) is 0.118. The first-order valence-corrected chi connectivity index (χ1v) is 7.53. The molecule has 3 nitrogen and oxygen atoms in total. The van der Waals surface area contributed by atoms with E-state index in [0.717, 1.165) is 20.9 Å². The smallest absolute Gasteiger partial charge is 0.198 e. The fourth-order valence-electron chi connectivity index (χ4n) is 2.31. The maximum Gasteiger partial charge on any atom is 0.198 e. The van der Waals surface area contributed by atoms with Gasteiger partial charge < -0.3 is 10.1 Å². The SMILES string of the molecule is CC(N=Cc1c(O)[nH]c2ccc(Br)cc12)c1ccccc1. The Morgan fingerprint density at radius 2 is 1.95 bits per heavy atom. The summed E-state index contributed by atoms with van der Waals surface area (Å²) >= 11 is 3.45. The van der Waals surface area contributed by atoms with Crippen LogP contribution in [0.5, 0.6) is 5.88 Å². The Kier molecular flexibility index (Phi) is 3.80. The van der Waals surface area contributed by atoms with Crippen molar-refractivity contribution in [1.29, 1.82) is 0 Å². The lowest BCUT2D eigenvalue weighted by molar-refractivity contribution is 0.457. The molecular weight excluding hydrogens is 328 g/mol. The van der Waals surface area contributed by atoms with Crippen LogP contribution in [-0.2, 0) is 0 Å². The number of hydrogen-bond acceptors (Lipinski definition) is 2. The van der Waals surface area contributed by atoms with Gasteiger partial charge in [0.2, 0.25) is 0 Å². The summed E-state index contributed by atoms with van der Waals surface area (Å²) < 4.78 is 0.972. The van der Waals surface area contributed by atoms with Gasteiger partial charge in [0.25, 0.3) is 0 Å². The minimum Gasteiger partial charge on any atom is -0.494 e. The molecule has 2 N–H and O–H groups in total. The number of hydrogen-bond donors (Lipinski definition) is 2. The van der Waals surface area contributed by atoms with Crippen LogP contribution in [0.3, 0.4) is 0 Å². The topological polar surface area (TPSA) is 48.4 Å². The maximum absolute atomic E-state index is 10.0. The van der Waals surface area contributed by atoms with Crippen molar-refractivity contribution in [2.45, 2.75) is 13.0 Å². The Hall–Kier alpha value is -2.07. The molecule has 4 heteroatoms. The van der Waals surface area contributed by atoms with E-state index in [1.807, 2.05) is 55.5 Å². The molecule has 1 atom stereocenters. The van der Waals surface area contributed by atoms with E-state index in [0.29, 0.717) is 5.56 Å². The summed E-state index contributed by atoms with van der Waals surface area (Å²) in [5, 5.41) is 11.0. The Bertz CT molecular complexity index is 793. The summed E-state index contributed by atoms with van der Waals surface area (Å²) in [5.41, 5.74) is 2.76. The molecule has 0 saturated heterocycles. The highest BCUT2D eigenvalue weighted by atomic mass is 79.9. The van der Waals surface area contributed by atoms with Gasteiger partial charge in [-0.3, -0.25) is 4.99 Å². The van der Waals surface area contributed by atoms with Crippen molar-refractivity contribution in [1.82, 2.24) is 4.98 Å². The number of fused-ring (bicyclic) bond motifs is 1. The minimum absolute atomic E-state index is 0.0442. The first kappa shape index (κ1) is 13.9. The molecule has 3 aromatic rings. The van der Waals surface area contributed by atoms with Crippen LogP contribution in [0.4, 0.5) is 0 Å². The predicted molar refractivity (Wildman–Crippen MR) is 90.1 cm³/mol. The molecule has 0 aliphatic carbocycles. The molecular formula is C17H15BrN2O. The summed E-state index contributed by atoms with van der Waals surface area (Å²) in [6.07, 6.45) is 1.73. The first-order valence-electron chi connectivity index (χ1n) is 6.73. The maximum atomic E-state index is 10.0. The zero-order chi connectivity index (χ0) is 14.8. The summed E-state index contributed by atoms with van der Waals surface area (Å²) in [7, 11) is 0. The molecule has 0 aliphatic heterocycles. The van der Waals surface area contributed by atoms with Gasteiger partial charge in [-0.1, -0.05) is 46.3 Å². The predicted octanol–water partition coefficient (Wildman–Crippen LogP) is 4.82. The van der Waals surface area contributed by atoms with Crippen LogP contribution in [-0.4, -0.2) is 16.3 Å². The largest absolute Gasteiger partial charge is 0.494 e. The highest BCUT2D eigenvalue weighted by Crippen LogP contribution is 2.28. The number of rotatable bonds is 3. The van der Waals surface area contributed by atoms with E-state index in [1.54, 1.807) is 6.21 Å². The van der Waals surface area contributed by atoms with Crippen LogP contribution < -0.4 is 0 Å². The van der Waals surface area contributed by atoms with E-state index in [4.69, 9.17) is 0 Å². The molecule has 0 fully saturated rings. The Morgan fingerprint density at radius 1 is 1.19 bits per heavy atom. The van der Waals surface area contributed by atoms with E-state index in [-0.39, 0.29) is 11.9 Å². The van der Waals surface area contributed by atoms with Crippen molar-refractivity contribution in [3.05, 3.63) is 64.1 Å². The van der Waals surface area contributed by atoms with Crippen LogP contribution in [0, 0.1) is 0 Å². The molecule has 0 spiro atoms. The lowest BCUT2D eigenvalue weighted by Gasteiger charge is -2.05. The third kappa shape index (κ3) is 2.85. The van der Waals surface area contributed by atoms with Crippen LogP contribution in [0.25, 0.3) is 10.9 Å². The number of nitrogens with zero attached hydrogens (tertiary/aromatic N) is 1. The molecule has 3 rings (SSSR count). The van der Waals surface area contributed by atoms with Crippen LogP contribution in [0.1, 0.15) is 24.1 Å². The average molecular weight is 343 g/mol. The van der Waals surface area contributed by atoms with E-state index in [9.17, 15) is 5.11 Å². The number of aliphatic imine (C=N–C) groups is 1. The van der Waals surface area contributed by atoms with E-state index < -0.39 is 0 Å². The number of benzene rings is 2. The Balaban J connectivity index is 1.96. The van der Waals surface area contributed by atoms with Crippen molar-refractivity contribution < 1.29 is 5.11 Å². The summed E-state index contributed by atoms with van der Waals surface area (Å²) in [4.78, 5) is 7.52. The number of halogens is 1. The van der Waals surface area contributed by atoms with Crippen LogP contribution >= 0.6 is 15.9 Å². The first-order chi connectivity index (χ1) is 10.1. The second-order valence-electron chi connectivity index (χ2n) is 4.94. The second kappa shape index (κ2) is 5.74. The molecule has 106 valence electrons. The zero-order valence-electron chi connectivity index (χ0n) is 11.5. The Morgan fingerprint density at radius 3 is 2.71 bits per heavy atom. The van der Waals surface area contributed by atoms with E-state index in [1.165, 1.54) is 0 Å². The van der Waals surface area contributed by atoms with E-state index in [2.05, 4.69) is 25.9 Å². The standard InChI is InChI=1S/C17H15BrN2O/c1-11(12-5-3-2-4-6-12)19-10-15-14-9-13(18)7-8-16(14)20-17(15)21/h2-11,20-21H,1H3. The van der Waals surface area contributed by atoms with Gasteiger partial charge in [0, 0.05) is 21.6 Å². The fourth-order valence-corrected chi connectivity index (χ4v) is 2.67. The highest BCUT2D eigenvalue weighted by Gasteiger charge is 2.10. The molecule has 2 aromatic carbocycles. The number of aromatic hydroxyl groups is 1. The highest BCUT2D eigenvalue weighted by molar-refractivity contribution is 9.10. The number of nitrogens with one attached hydrogen (secondary N) is 1. The van der Waals surface area contributed by atoms with Crippen LogP contribution in [0.15, 0.2) is 58.0 Å². The van der Waals surface area contributed by atoms with Gasteiger partial charge in [-0.25, -0.2) is 0 Å². The average Bonchev–Trinajstić information content (AvgIpc) is 2.80. The molecule has 1 aromatic heterocycles.